The van der Waals surface area contributed by atoms with Crippen LogP contribution >= 0.6 is 0 Å². The van der Waals surface area contributed by atoms with Crippen molar-refractivity contribution < 1.29 is 0 Å². The van der Waals surface area contributed by atoms with Crippen molar-refractivity contribution in [2.24, 2.45) is 0 Å². The third-order valence-electron chi connectivity index (χ3n) is 2.12. The molecule has 0 aliphatic heterocycles. The fraction of sp³-hybridized carbons (Fsp3) is 0.500. The molecule has 0 saturated carbocycles. The van der Waals surface area contributed by atoms with Gasteiger partial charge < -0.3 is 0 Å². The van der Waals surface area contributed by atoms with Gasteiger partial charge in [-0.3, -0.25) is 0 Å². The molecular formula is C12H16. The first-order valence-corrected chi connectivity index (χ1v) is 4.71. The van der Waals surface area contributed by atoms with Gasteiger partial charge in [-0.2, -0.15) is 0 Å². The van der Waals surface area contributed by atoms with E-state index >= 15 is 0 Å². The van der Waals surface area contributed by atoms with Crippen LogP contribution in [0.25, 0.3) is 0 Å². The molecule has 0 atom stereocenters. The standard InChI is InChI=1S/C12H16/c1-3-5-6-8-12-10-7-9-11(12)4-2/h4H,2-3,5,7,9-10H2,1H3. The Labute approximate surface area is 75.4 Å². The lowest BCUT2D eigenvalue weighted by Gasteiger charge is -1.91. The van der Waals surface area contributed by atoms with E-state index in [4.69, 9.17) is 0 Å². The van der Waals surface area contributed by atoms with Gasteiger partial charge in [0.05, 0.1) is 0 Å². The van der Waals surface area contributed by atoms with Gasteiger partial charge in [0, 0.05) is 12.0 Å². The minimum atomic E-state index is 1.02. The molecule has 0 aromatic rings. The van der Waals surface area contributed by atoms with E-state index in [1.807, 2.05) is 6.08 Å². The van der Waals surface area contributed by atoms with Gasteiger partial charge in [-0.05, 0) is 31.3 Å². The largest absolute Gasteiger partial charge is 0.0988 e. The number of unbranched alkanes of at least 4 members (excludes halogenated alkanes) is 1. The second kappa shape index (κ2) is 4.83. The summed E-state index contributed by atoms with van der Waals surface area (Å²) < 4.78 is 0. The molecule has 0 heterocycles. The summed E-state index contributed by atoms with van der Waals surface area (Å²) in [6.45, 7) is 5.95. The van der Waals surface area contributed by atoms with Gasteiger partial charge in [0.1, 0.15) is 0 Å². The maximum atomic E-state index is 3.80. The van der Waals surface area contributed by atoms with E-state index in [1.54, 1.807) is 0 Å². The molecule has 0 nitrogen and oxygen atoms in total. The van der Waals surface area contributed by atoms with E-state index in [9.17, 15) is 0 Å². The second-order valence-corrected chi connectivity index (χ2v) is 3.11. The number of hydrogen-bond acceptors (Lipinski definition) is 0. The lowest BCUT2D eigenvalue weighted by molar-refractivity contribution is 0.908. The normalized spacial score (nSPS) is 15.8. The van der Waals surface area contributed by atoms with Crippen LogP contribution in [0.2, 0.25) is 0 Å². The minimum absolute atomic E-state index is 1.02. The summed E-state index contributed by atoms with van der Waals surface area (Å²) in [4.78, 5) is 0. The summed E-state index contributed by atoms with van der Waals surface area (Å²) in [6, 6.07) is 0. The summed E-state index contributed by atoms with van der Waals surface area (Å²) in [7, 11) is 0. The van der Waals surface area contributed by atoms with Gasteiger partial charge in [0.2, 0.25) is 0 Å². The molecule has 0 aromatic carbocycles. The molecule has 12 heavy (non-hydrogen) atoms. The maximum absolute atomic E-state index is 3.80. The maximum Gasteiger partial charge on any atom is 0.00897 e. The van der Waals surface area contributed by atoms with Crippen LogP contribution in [0.3, 0.4) is 0 Å². The molecular weight excluding hydrogens is 144 g/mol. The van der Waals surface area contributed by atoms with Crippen molar-refractivity contribution in [2.45, 2.75) is 39.0 Å². The molecule has 0 unspecified atom stereocenters. The van der Waals surface area contributed by atoms with Gasteiger partial charge in [-0.25, -0.2) is 0 Å². The van der Waals surface area contributed by atoms with Crippen LogP contribution in [0.5, 0.6) is 0 Å². The van der Waals surface area contributed by atoms with Crippen molar-refractivity contribution in [2.75, 3.05) is 0 Å². The highest BCUT2D eigenvalue weighted by Crippen LogP contribution is 2.25. The molecule has 0 heteroatoms. The zero-order chi connectivity index (χ0) is 8.81. The molecule has 0 aromatic heterocycles. The number of allylic oxidation sites excluding steroid dienone is 3. The molecule has 64 valence electrons. The molecule has 0 fully saturated rings. The number of hydrogen-bond donors (Lipinski definition) is 0. The van der Waals surface area contributed by atoms with Gasteiger partial charge in [-0.15, -0.1) is 0 Å². The average molecular weight is 160 g/mol. The highest BCUT2D eigenvalue weighted by molar-refractivity contribution is 5.41. The molecule has 0 spiro atoms. The van der Waals surface area contributed by atoms with E-state index in [-0.39, 0.29) is 0 Å². The van der Waals surface area contributed by atoms with Crippen LogP contribution in [0.15, 0.2) is 23.8 Å². The molecule has 1 aliphatic carbocycles. The van der Waals surface area contributed by atoms with Gasteiger partial charge in [0.25, 0.3) is 0 Å². The van der Waals surface area contributed by atoms with Crippen LogP contribution in [0.4, 0.5) is 0 Å². The Balaban J connectivity index is 2.62. The van der Waals surface area contributed by atoms with Crippen LogP contribution < -0.4 is 0 Å². The average Bonchev–Trinajstić information content (AvgIpc) is 2.52. The summed E-state index contributed by atoms with van der Waals surface area (Å²) in [6.07, 6.45) is 7.75. The van der Waals surface area contributed by atoms with E-state index in [1.165, 1.54) is 24.0 Å². The van der Waals surface area contributed by atoms with Crippen molar-refractivity contribution in [1.82, 2.24) is 0 Å². The summed E-state index contributed by atoms with van der Waals surface area (Å²) in [5.41, 5.74) is 2.71. The lowest BCUT2D eigenvalue weighted by atomic mass is 10.1. The monoisotopic (exact) mass is 160 g/mol. The first kappa shape index (κ1) is 9.13. The Morgan fingerprint density at radius 1 is 1.50 bits per heavy atom. The van der Waals surface area contributed by atoms with Gasteiger partial charge in [0.15, 0.2) is 0 Å². The highest BCUT2D eigenvalue weighted by Gasteiger charge is 2.08. The van der Waals surface area contributed by atoms with Gasteiger partial charge >= 0.3 is 0 Å². The predicted octanol–water partition coefficient (Wildman–Crippen LogP) is 3.46. The van der Waals surface area contributed by atoms with Crippen LogP contribution in [0.1, 0.15) is 39.0 Å². The van der Waals surface area contributed by atoms with E-state index in [0.717, 1.165) is 19.3 Å². The Hall–Kier alpha value is -0.960. The van der Waals surface area contributed by atoms with E-state index < -0.39 is 0 Å². The lowest BCUT2D eigenvalue weighted by Crippen LogP contribution is -1.75. The smallest absolute Gasteiger partial charge is 0.00897 e. The van der Waals surface area contributed by atoms with E-state index in [2.05, 4.69) is 25.3 Å². The van der Waals surface area contributed by atoms with E-state index in [0.29, 0.717) is 0 Å². The van der Waals surface area contributed by atoms with Crippen LogP contribution in [-0.4, -0.2) is 0 Å². The zero-order valence-corrected chi connectivity index (χ0v) is 7.82. The molecule has 1 rings (SSSR count). The van der Waals surface area contributed by atoms with Crippen molar-refractivity contribution >= 4 is 0 Å². The van der Waals surface area contributed by atoms with Crippen LogP contribution in [-0.2, 0) is 0 Å². The second-order valence-electron chi connectivity index (χ2n) is 3.11. The van der Waals surface area contributed by atoms with Crippen molar-refractivity contribution in [3.05, 3.63) is 23.8 Å². The summed E-state index contributed by atoms with van der Waals surface area (Å²) in [5.74, 6) is 6.43. The molecule has 0 bridgehead atoms. The third-order valence-corrected chi connectivity index (χ3v) is 2.12. The number of rotatable bonds is 2. The molecule has 0 amide bonds. The molecule has 1 aliphatic rings. The fourth-order valence-corrected chi connectivity index (χ4v) is 1.43. The summed E-state index contributed by atoms with van der Waals surface area (Å²) >= 11 is 0. The molecule has 0 saturated heterocycles. The van der Waals surface area contributed by atoms with Gasteiger partial charge in [-0.1, -0.05) is 31.4 Å². The highest BCUT2D eigenvalue weighted by atomic mass is 14.1. The zero-order valence-electron chi connectivity index (χ0n) is 7.82. The minimum Gasteiger partial charge on any atom is -0.0988 e. The predicted molar refractivity (Wildman–Crippen MR) is 53.8 cm³/mol. The van der Waals surface area contributed by atoms with Crippen molar-refractivity contribution in [3.8, 4) is 11.8 Å². The first-order chi connectivity index (χ1) is 5.88. The van der Waals surface area contributed by atoms with Crippen molar-refractivity contribution in [1.29, 1.82) is 0 Å². The van der Waals surface area contributed by atoms with Crippen molar-refractivity contribution in [3.63, 3.8) is 0 Å². The first-order valence-electron chi connectivity index (χ1n) is 4.71. The Morgan fingerprint density at radius 3 is 3.00 bits per heavy atom. The molecule has 0 N–H and O–H groups in total. The Morgan fingerprint density at radius 2 is 2.33 bits per heavy atom. The van der Waals surface area contributed by atoms with Crippen LogP contribution in [0, 0.1) is 11.8 Å². The third kappa shape index (κ3) is 2.27. The fourth-order valence-electron chi connectivity index (χ4n) is 1.43. The SMILES string of the molecule is C=CC1=C(C#CCCC)CCC1. The molecule has 0 radical (unpaired) electrons. The quantitative estimate of drug-likeness (QED) is 0.543. The Bertz CT molecular complexity index is 245. The Kier molecular flexibility index (Phi) is 3.67. The summed E-state index contributed by atoms with van der Waals surface area (Å²) in [5, 5.41) is 0. The topological polar surface area (TPSA) is 0 Å².